The summed E-state index contributed by atoms with van der Waals surface area (Å²) in [7, 11) is 1.76. The molecule has 0 aliphatic heterocycles. The quantitative estimate of drug-likeness (QED) is 0.496. The largest absolute Gasteiger partial charge is 0.385 e. The molecule has 0 rings (SSSR count). The molecule has 0 heterocycles. The fourth-order valence-corrected chi connectivity index (χ4v) is 1.24. The van der Waals surface area contributed by atoms with Crippen LogP contribution in [0.4, 0.5) is 0 Å². The van der Waals surface area contributed by atoms with E-state index in [0.717, 1.165) is 12.5 Å². The summed E-state index contributed by atoms with van der Waals surface area (Å²) in [6.07, 6.45) is 3.72. The Morgan fingerprint density at radius 3 is 2.36 bits per heavy atom. The molecular formula is C9H19BrO. The lowest BCUT2D eigenvalue weighted by Crippen LogP contribution is -2.06. The van der Waals surface area contributed by atoms with Gasteiger partial charge in [0, 0.05) is 18.5 Å². The number of methoxy groups -OCH3 is 1. The average molecular weight is 223 g/mol. The van der Waals surface area contributed by atoms with Gasteiger partial charge in [-0.2, -0.15) is 0 Å². The summed E-state index contributed by atoms with van der Waals surface area (Å²) in [5, 5.41) is 0. The zero-order valence-electron chi connectivity index (χ0n) is 7.77. The van der Waals surface area contributed by atoms with Crippen LogP contribution >= 0.6 is 15.9 Å². The molecule has 68 valence electrons. The van der Waals surface area contributed by atoms with E-state index in [1.165, 1.54) is 19.3 Å². The number of ether oxygens (including phenoxy) is 1. The summed E-state index contributed by atoms with van der Waals surface area (Å²) in [6.45, 7) is 5.39. The Morgan fingerprint density at radius 2 is 1.91 bits per heavy atom. The maximum absolute atomic E-state index is 4.97. The second kappa shape index (κ2) is 7.11. The fraction of sp³-hybridized carbons (Fsp3) is 1.00. The van der Waals surface area contributed by atoms with Gasteiger partial charge in [-0.1, -0.05) is 36.2 Å². The van der Waals surface area contributed by atoms with E-state index in [1.54, 1.807) is 7.11 Å². The normalized spacial score (nSPS) is 13.9. The summed E-state index contributed by atoms with van der Waals surface area (Å²) >= 11 is 3.65. The second-order valence-corrected chi connectivity index (χ2v) is 4.42. The van der Waals surface area contributed by atoms with Crippen molar-refractivity contribution in [1.82, 2.24) is 0 Å². The zero-order valence-corrected chi connectivity index (χ0v) is 9.36. The third kappa shape index (κ3) is 6.82. The van der Waals surface area contributed by atoms with Crippen LogP contribution in [0.5, 0.6) is 0 Å². The minimum Gasteiger partial charge on any atom is -0.385 e. The van der Waals surface area contributed by atoms with Crippen molar-refractivity contribution in [3.8, 4) is 0 Å². The Hall–Kier alpha value is 0.440. The summed E-state index contributed by atoms with van der Waals surface area (Å²) in [5.41, 5.74) is 0. The first kappa shape index (κ1) is 11.4. The first-order valence-corrected chi connectivity index (χ1v) is 5.23. The predicted molar refractivity (Wildman–Crippen MR) is 53.3 cm³/mol. The zero-order chi connectivity index (χ0) is 8.69. The summed E-state index contributed by atoms with van der Waals surface area (Å²) in [6, 6.07) is 0. The van der Waals surface area contributed by atoms with E-state index < -0.39 is 0 Å². The first-order chi connectivity index (χ1) is 5.18. The summed E-state index contributed by atoms with van der Waals surface area (Å²) in [4.78, 5) is 0.680. The highest BCUT2D eigenvalue weighted by molar-refractivity contribution is 9.09. The molecule has 2 heteroatoms. The number of halogens is 1. The molecule has 0 amide bonds. The van der Waals surface area contributed by atoms with Crippen molar-refractivity contribution in [1.29, 1.82) is 0 Å². The highest BCUT2D eigenvalue weighted by atomic mass is 79.9. The molecule has 0 aromatic carbocycles. The number of unbranched alkanes of at least 4 members (excludes halogenated alkanes) is 1. The topological polar surface area (TPSA) is 9.23 Å². The van der Waals surface area contributed by atoms with E-state index in [4.69, 9.17) is 4.74 Å². The number of alkyl halides is 1. The van der Waals surface area contributed by atoms with E-state index in [1.807, 2.05) is 0 Å². The molecule has 1 atom stereocenters. The summed E-state index contributed by atoms with van der Waals surface area (Å²) in [5.74, 6) is 0.748. The molecule has 0 saturated heterocycles. The van der Waals surface area contributed by atoms with Crippen molar-refractivity contribution >= 4 is 15.9 Å². The molecule has 0 bridgehead atoms. The van der Waals surface area contributed by atoms with Gasteiger partial charge in [-0.25, -0.2) is 0 Å². The SMILES string of the molecule is COCCCCC(Br)C(C)C. The molecule has 0 aromatic heterocycles. The van der Waals surface area contributed by atoms with E-state index in [9.17, 15) is 0 Å². The van der Waals surface area contributed by atoms with Gasteiger partial charge < -0.3 is 4.74 Å². The lowest BCUT2D eigenvalue weighted by molar-refractivity contribution is 0.192. The van der Waals surface area contributed by atoms with E-state index in [-0.39, 0.29) is 0 Å². The van der Waals surface area contributed by atoms with Crippen molar-refractivity contribution in [3.05, 3.63) is 0 Å². The van der Waals surface area contributed by atoms with Gasteiger partial charge in [0.25, 0.3) is 0 Å². The van der Waals surface area contributed by atoms with Crippen molar-refractivity contribution < 1.29 is 4.74 Å². The van der Waals surface area contributed by atoms with Gasteiger partial charge in [0.15, 0.2) is 0 Å². The molecular weight excluding hydrogens is 204 g/mol. The Morgan fingerprint density at radius 1 is 1.27 bits per heavy atom. The molecule has 1 unspecified atom stereocenters. The lowest BCUT2D eigenvalue weighted by Gasteiger charge is -2.12. The number of rotatable bonds is 6. The standard InChI is InChI=1S/C9H19BrO/c1-8(2)9(10)6-4-5-7-11-3/h8-9H,4-7H2,1-3H3. The van der Waals surface area contributed by atoms with Crippen LogP contribution in [0.15, 0.2) is 0 Å². The van der Waals surface area contributed by atoms with Crippen molar-refractivity contribution in [2.24, 2.45) is 5.92 Å². The molecule has 0 radical (unpaired) electrons. The first-order valence-electron chi connectivity index (χ1n) is 4.31. The minimum atomic E-state index is 0.680. The van der Waals surface area contributed by atoms with Gasteiger partial charge in [-0.3, -0.25) is 0 Å². The van der Waals surface area contributed by atoms with Gasteiger partial charge in [-0.15, -0.1) is 0 Å². The van der Waals surface area contributed by atoms with Gasteiger partial charge in [0.1, 0.15) is 0 Å². The molecule has 0 N–H and O–H groups in total. The maximum atomic E-state index is 4.97. The molecule has 0 fully saturated rings. The Balaban J connectivity index is 3.10. The van der Waals surface area contributed by atoms with E-state index >= 15 is 0 Å². The van der Waals surface area contributed by atoms with Crippen molar-refractivity contribution in [3.63, 3.8) is 0 Å². The van der Waals surface area contributed by atoms with Gasteiger partial charge in [0.2, 0.25) is 0 Å². The third-order valence-electron chi connectivity index (χ3n) is 1.80. The van der Waals surface area contributed by atoms with Crippen LogP contribution in [0, 0.1) is 5.92 Å². The molecule has 0 saturated carbocycles. The Labute approximate surface area is 78.6 Å². The van der Waals surface area contributed by atoms with Gasteiger partial charge >= 0.3 is 0 Å². The predicted octanol–water partition coefficient (Wildman–Crippen LogP) is 3.22. The van der Waals surface area contributed by atoms with Gasteiger partial charge in [0.05, 0.1) is 0 Å². The van der Waals surface area contributed by atoms with E-state index in [0.29, 0.717) is 4.83 Å². The van der Waals surface area contributed by atoms with Crippen LogP contribution < -0.4 is 0 Å². The number of hydrogen-bond donors (Lipinski definition) is 0. The van der Waals surface area contributed by atoms with Crippen molar-refractivity contribution in [2.75, 3.05) is 13.7 Å². The van der Waals surface area contributed by atoms with Gasteiger partial charge in [-0.05, 0) is 18.8 Å². The Bertz CT molecular complexity index is 83.6. The fourth-order valence-electron chi connectivity index (χ4n) is 0.919. The highest BCUT2D eigenvalue weighted by Crippen LogP contribution is 2.18. The van der Waals surface area contributed by atoms with Crippen LogP contribution in [0.2, 0.25) is 0 Å². The second-order valence-electron chi connectivity index (χ2n) is 3.25. The highest BCUT2D eigenvalue weighted by Gasteiger charge is 2.07. The van der Waals surface area contributed by atoms with Crippen molar-refractivity contribution in [2.45, 2.75) is 37.9 Å². The number of hydrogen-bond acceptors (Lipinski definition) is 1. The lowest BCUT2D eigenvalue weighted by atomic mass is 10.1. The maximum Gasteiger partial charge on any atom is 0.0462 e. The molecule has 0 aromatic rings. The smallest absolute Gasteiger partial charge is 0.0462 e. The molecule has 1 nitrogen and oxygen atoms in total. The molecule has 0 spiro atoms. The third-order valence-corrected chi connectivity index (χ3v) is 3.32. The molecule has 0 aliphatic carbocycles. The average Bonchev–Trinajstić information content (AvgIpc) is 1.97. The van der Waals surface area contributed by atoms with E-state index in [2.05, 4.69) is 29.8 Å². The molecule has 0 aliphatic rings. The van der Waals surface area contributed by atoms with Crippen LogP contribution in [0.1, 0.15) is 33.1 Å². The monoisotopic (exact) mass is 222 g/mol. The Kier molecular flexibility index (Phi) is 7.39. The van der Waals surface area contributed by atoms with Crippen LogP contribution in [-0.2, 0) is 4.74 Å². The van der Waals surface area contributed by atoms with Crippen LogP contribution in [-0.4, -0.2) is 18.5 Å². The minimum absolute atomic E-state index is 0.680. The van der Waals surface area contributed by atoms with Crippen LogP contribution in [0.25, 0.3) is 0 Å². The summed E-state index contributed by atoms with van der Waals surface area (Å²) < 4.78 is 4.97. The molecule has 11 heavy (non-hydrogen) atoms. The van der Waals surface area contributed by atoms with Crippen LogP contribution in [0.3, 0.4) is 0 Å².